The van der Waals surface area contributed by atoms with Gasteiger partial charge in [-0.25, -0.2) is 4.98 Å². The van der Waals surface area contributed by atoms with E-state index in [0.29, 0.717) is 45.4 Å². The zero-order valence-corrected chi connectivity index (χ0v) is 15.6. The highest BCUT2D eigenvalue weighted by molar-refractivity contribution is 5.83. The highest BCUT2D eigenvalue weighted by Crippen LogP contribution is 2.42. The Hall–Kier alpha value is -1.97. The van der Waals surface area contributed by atoms with E-state index in [2.05, 4.69) is 15.3 Å². The van der Waals surface area contributed by atoms with Crippen LogP contribution in [0.3, 0.4) is 0 Å². The predicted molar refractivity (Wildman–Crippen MR) is 95.8 cm³/mol. The molecule has 3 aliphatic heterocycles. The molecular formula is C18H27N5O4. The smallest absolute Gasteiger partial charge is 0.249 e. The number of aliphatic hydroxyl groups excluding tert-OH is 1. The van der Waals surface area contributed by atoms with E-state index in [1.807, 2.05) is 9.80 Å². The van der Waals surface area contributed by atoms with Gasteiger partial charge in [0, 0.05) is 45.4 Å². The van der Waals surface area contributed by atoms with Crippen molar-refractivity contribution in [3.63, 3.8) is 0 Å². The molecule has 3 N–H and O–H groups in total. The van der Waals surface area contributed by atoms with E-state index >= 15 is 0 Å². The van der Waals surface area contributed by atoms with Crippen molar-refractivity contribution in [2.45, 2.75) is 43.4 Å². The molecule has 2 amide bonds. The largest absolute Gasteiger partial charge is 0.392 e. The number of likely N-dealkylation sites (tertiary alicyclic amines) is 1. The first kappa shape index (κ1) is 18.4. The van der Waals surface area contributed by atoms with Crippen LogP contribution in [0.15, 0.2) is 6.33 Å². The van der Waals surface area contributed by atoms with E-state index in [9.17, 15) is 14.7 Å². The summed E-state index contributed by atoms with van der Waals surface area (Å²) < 4.78 is 5.08. The fourth-order valence-corrected chi connectivity index (χ4v) is 4.77. The molecule has 0 unspecified atom stereocenters. The topological polar surface area (TPSA) is 111 Å². The number of piperidine rings is 1. The lowest BCUT2D eigenvalue weighted by atomic mass is 9.78. The third-order valence-corrected chi connectivity index (χ3v) is 6.14. The average molecular weight is 377 g/mol. The van der Waals surface area contributed by atoms with Crippen molar-refractivity contribution >= 4 is 11.8 Å². The number of hydrogen-bond donors (Lipinski definition) is 3. The number of nitrogens with one attached hydrogen (secondary N) is 2. The van der Waals surface area contributed by atoms with Gasteiger partial charge in [0.05, 0.1) is 29.7 Å². The zero-order chi connectivity index (χ0) is 19.0. The molecule has 4 heterocycles. The molecule has 0 bridgehead atoms. The monoisotopic (exact) mass is 377 g/mol. The Labute approximate surface area is 158 Å². The number of aromatic amines is 1. The van der Waals surface area contributed by atoms with Crippen molar-refractivity contribution in [3.05, 3.63) is 17.7 Å². The molecule has 9 heteroatoms. The third kappa shape index (κ3) is 3.13. The van der Waals surface area contributed by atoms with E-state index in [4.69, 9.17) is 4.74 Å². The second kappa shape index (κ2) is 7.21. The number of fused-ring (bicyclic) bond motifs is 2. The van der Waals surface area contributed by atoms with Crippen molar-refractivity contribution < 1.29 is 19.4 Å². The quantitative estimate of drug-likeness (QED) is 0.622. The number of rotatable bonds is 3. The van der Waals surface area contributed by atoms with Crippen molar-refractivity contribution in [2.24, 2.45) is 0 Å². The van der Waals surface area contributed by atoms with Crippen LogP contribution in [-0.4, -0.2) is 88.7 Å². The summed E-state index contributed by atoms with van der Waals surface area (Å²) in [6, 6.07) is -0.312. The Balaban J connectivity index is 1.53. The Bertz CT molecular complexity index is 712. The number of carbonyl (C=O) groups is 2. The molecule has 2 fully saturated rings. The Kier molecular flexibility index (Phi) is 4.92. The van der Waals surface area contributed by atoms with Crippen LogP contribution in [0.1, 0.15) is 30.7 Å². The van der Waals surface area contributed by atoms with E-state index in [0.717, 1.165) is 17.8 Å². The van der Waals surface area contributed by atoms with Crippen molar-refractivity contribution in [1.82, 2.24) is 25.1 Å². The van der Waals surface area contributed by atoms with Gasteiger partial charge < -0.3 is 29.9 Å². The highest BCUT2D eigenvalue weighted by Gasteiger charge is 2.49. The number of β-amino-alcohol motifs (C(OH)–C–C–N with tert-alkyl or cyclic N) is 1. The number of aliphatic hydroxyl groups is 1. The summed E-state index contributed by atoms with van der Waals surface area (Å²) in [7, 11) is 1.53. The molecule has 1 spiro atoms. The predicted octanol–water partition coefficient (Wildman–Crippen LogP) is -1.02. The fraction of sp³-hybridized carbons (Fsp3) is 0.722. The molecule has 2 atom stereocenters. The summed E-state index contributed by atoms with van der Waals surface area (Å²) in [4.78, 5) is 37.0. The number of nitrogens with zero attached hydrogens (tertiary/aromatic N) is 3. The number of hydrogen-bond acceptors (Lipinski definition) is 6. The van der Waals surface area contributed by atoms with Gasteiger partial charge in [0.1, 0.15) is 6.61 Å². The maximum Gasteiger partial charge on any atom is 0.249 e. The lowest BCUT2D eigenvalue weighted by Crippen LogP contribution is -2.60. The summed E-state index contributed by atoms with van der Waals surface area (Å²) in [5.41, 5.74) is 1.53. The van der Waals surface area contributed by atoms with Gasteiger partial charge in [-0.2, -0.15) is 0 Å². The number of amides is 2. The minimum absolute atomic E-state index is 0.0356. The molecule has 4 rings (SSSR count). The van der Waals surface area contributed by atoms with Crippen LogP contribution < -0.4 is 5.32 Å². The normalized spacial score (nSPS) is 27.0. The summed E-state index contributed by atoms with van der Waals surface area (Å²) >= 11 is 0. The summed E-state index contributed by atoms with van der Waals surface area (Å²) in [6.45, 7) is 2.27. The van der Waals surface area contributed by atoms with E-state index in [-0.39, 0.29) is 24.5 Å². The zero-order valence-electron chi connectivity index (χ0n) is 15.6. The van der Waals surface area contributed by atoms with Crippen molar-refractivity contribution in [3.8, 4) is 0 Å². The van der Waals surface area contributed by atoms with Crippen LogP contribution in [0, 0.1) is 0 Å². The molecule has 148 valence electrons. The van der Waals surface area contributed by atoms with Gasteiger partial charge in [0.15, 0.2) is 0 Å². The van der Waals surface area contributed by atoms with Gasteiger partial charge in [0.2, 0.25) is 11.8 Å². The lowest BCUT2D eigenvalue weighted by molar-refractivity contribution is -0.148. The minimum Gasteiger partial charge on any atom is -0.392 e. The Morgan fingerprint density at radius 1 is 1.37 bits per heavy atom. The molecule has 0 saturated carbocycles. The van der Waals surface area contributed by atoms with E-state index < -0.39 is 11.6 Å². The molecule has 0 radical (unpaired) electrons. The van der Waals surface area contributed by atoms with Crippen molar-refractivity contribution in [2.75, 3.05) is 39.9 Å². The third-order valence-electron chi connectivity index (χ3n) is 6.14. The van der Waals surface area contributed by atoms with E-state index in [1.54, 1.807) is 6.33 Å². The summed E-state index contributed by atoms with van der Waals surface area (Å²) in [5.74, 6) is 0.000683. The number of H-pyrrole nitrogens is 1. The van der Waals surface area contributed by atoms with Gasteiger partial charge in [-0.1, -0.05) is 0 Å². The molecule has 0 aromatic carbocycles. The number of carbonyl (C=O) groups excluding carboxylic acids is 2. The molecule has 3 aliphatic rings. The van der Waals surface area contributed by atoms with Crippen LogP contribution in [-0.2, 0) is 26.3 Å². The van der Waals surface area contributed by atoms with Gasteiger partial charge in [-0.05, 0) is 19.3 Å². The minimum atomic E-state index is -0.484. The van der Waals surface area contributed by atoms with Crippen LogP contribution in [0.5, 0.6) is 0 Å². The number of imidazole rings is 1. The molecule has 1 aromatic rings. The first-order valence-electron chi connectivity index (χ1n) is 9.57. The number of aromatic nitrogens is 2. The lowest BCUT2D eigenvalue weighted by Gasteiger charge is -2.50. The van der Waals surface area contributed by atoms with Gasteiger partial charge in [0.25, 0.3) is 0 Å². The molecular weight excluding hydrogens is 350 g/mol. The first-order chi connectivity index (χ1) is 13.0. The average Bonchev–Trinajstić information content (AvgIpc) is 3.32. The maximum atomic E-state index is 12.8. The van der Waals surface area contributed by atoms with Gasteiger partial charge in [-0.3, -0.25) is 9.59 Å². The Morgan fingerprint density at radius 3 is 2.81 bits per heavy atom. The second-order valence-corrected chi connectivity index (χ2v) is 7.67. The van der Waals surface area contributed by atoms with Gasteiger partial charge in [-0.15, -0.1) is 0 Å². The standard InChI is InChI=1S/C18H27N5O4/c1-27-10-15(25)23-5-2-13-16(21-11-20-13)18(23)3-6-22(7-4-18)17(26)14-8-12(24)9-19-14/h11-12,14,19,24H,2-10H2,1H3,(H,20,21)/t12-,14+/m1/s1. The number of methoxy groups -OCH3 is 1. The highest BCUT2D eigenvalue weighted by atomic mass is 16.5. The van der Waals surface area contributed by atoms with Gasteiger partial charge >= 0.3 is 0 Å². The second-order valence-electron chi connectivity index (χ2n) is 7.67. The van der Waals surface area contributed by atoms with Crippen LogP contribution >= 0.6 is 0 Å². The Morgan fingerprint density at radius 2 is 2.15 bits per heavy atom. The SMILES string of the molecule is COCC(=O)N1CCc2[nH]cnc2C12CCN(C(=O)[C@@H]1C[C@@H](O)CN1)CC2. The van der Waals surface area contributed by atoms with E-state index in [1.165, 1.54) is 7.11 Å². The molecule has 0 aliphatic carbocycles. The maximum absolute atomic E-state index is 12.8. The van der Waals surface area contributed by atoms with Crippen molar-refractivity contribution in [1.29, 1.82) is 0 Å². The number of ether oxygens (including phenoxy) is 1. The molecule has 9 nitrogen and oxygen atoms in total. The summed E-state index contributed by atoms with van der Waals surface area (Å²) in [5, 5.41) is 12.8. The van der Waals surface area contributed by atoms with Crippen LogP contribution in [0.25, 0.3) is 0 Å². The molecule has 1 aromatic heterocycles. The fourth-order valence-electron chi connectivity index (χ4n) is 4.77. The van der Waals surface area contributed by atoms with Crippen LogP contribution in [0.4, 0.5) is 0 Å². The molecule has 2 saturated heterocycles. The summed E-state index contributed by atoms with van der Waals surface area (Å²) in [6.07, 6.45) is 3.75. The first-order valence-corrected chi connectivity index (χ1v) is 9.57. The molecule has 27 heavy (non-hydrogen) atoms. The van der Waals surface area contributed by atoms with Crippen LogP contribution in [0.2, 0.25) is 0 Å².